The second-order valence-corrected chi connectivity index (χ2v) is 3.94. The van der Waals surface area contributed by atoms with E-state index in [1.807, 2.05) is 0 Å². The maximum absolute atomic E-state index is 8.65. The molecule has 1 aromatic rings. The summed E-state index contributed by atoms with van der Waals surface area (Å²) < 4.78 is 2.26. The van der Waals surface area contributed by atoms with Crippen molar-refractivity contribution < 1.29 is 9.67 Å². The van der Waals surface area contributed by atoms with Crippen molar-refractivity contribution >= 4 is 0 Å². The molecule has 0 radical (unpaired) electrons. The predicted octanol–water partition coefficient (Wildman–Crippen LogP) is 2.09. The fourth-order valence-corrected chi connectivity index (χ4v) is 1.68. The third-order valence-electron chi connectivity index (χ3n) is 2.65. The van der Waals surface area contributed by atoms with Crippen molar-refractivity contribution in [2.75, 3.05) is 6.61 Å². The summed E-state index contributed by atoms with van der Waals surface area (Å²) in [5.41, 5.74) is 1.40. The van der Waals surface area contributed by atoms with Crippen molar-refractivity contribution in [3.63, 3.8) is 0 Å². The Labute approximate surface area is 92.6 Å². The van der Waals surface area contributed by atoms with Crippen LogP contribution < -0.4 is 4.57 Å². The van der Waals surface area contributed by atoms with Crippen LogP contribution in [-0.2, 0) is 13.0 Å². The van der Waals surface area contributed by atoms with Crippen LogP contribution in [0.15, 0.2) is 24.5 Å². The summed E-state index contributed by atoms with van der Waals surface area (Å²) in [6, 6.07) is 4.29. The van der Waals surface area contributed by atoms with Crippen LogP contribution in [0.25, 0.3) is 0 Å². The molecule has 0 aliphatic rings. The molecule has 2 nitrogen and oxygen atoms in total. The molecular formula is C13H22NO+. The molecule has 0 aliphatic carbocycles. The number of pyridine rings is 1. The standard InChI is InChI=1S/C13H22NO/c1-2-13-8-7-10-14(12-13)9-5-3-4-6-11-15/h7-8,10,12,15H,2-6,9,11H2,1H3/q+1. The monoisotopic (exact) mass is 208 g/mol. The number of aryl methyl sites for hydroxylation is 2. The van der Waals surface area contributed by atoms with Crippen molar-refractivity contribution in [2.24, 2.45) is 0 Å². The normalized spacial score (nSPS) is 10.5. The van der Waals surface area contributed by atoms with Crippen molar-refractivity contribution in [1.29, 1.82) is 0 Å². The first-order valence-corrected chi connectivity index (χ1v) is 5.95. The molecule has 84 valence electrons. The molecule has 0 aliphatic heterocycles. The van der Waals surface area contributed by atoms with E-state index in [1.165, 1.54) is 18.4 Å². The Morgan fingerprint density at radius 1 is 1.20 bits per heavy atom. The lowest BCUT2D eigenvalue weighted by Gasteiger charge is -1.99. The Kier molecular flexibility index (Phi) is 6.02. The SMILES string of the molecule is CCc1ccc[n+](CCCCCCO)c1. The van der Waals surface area contributed by atoms with Gasteiger partial charge in [0, 0.05) is 24.7 Å². The smallest absolute Gasteiger partial charge is 0.171 e. The van der Waals surface area contributed by atoms with Gasteiger partial charge >= 0.3 is 0 Å². The van der Waals surface area contributed by atoms with Gasteiger partial charge in [0.15, 0.2) is 12.4 Å². The van der Waals surface area contributed by atoms with Gasteiger partial charge in [0.05, 0.1) is 0 Å². The van der Waals surface area contributed by atoms with Gasteiger partial charge < -0.3 is 5.11 Å². The molecule has 0 amide bonds. The lowest BCUT2D eigenvalue weighted by Crippen LogP contribution is -2.33. The largest absolute Gasteiger partial charge is 0.396 e. The fraction of sp³-hybridized carbons (Fsp3) is 0.615. The predicted molar refractivity (Wildman–Crippen MR) is 61.6 cm³/mol. The summed E-state index contributed by atoms with van der Waals surface area (Å²) in [5.74, 6) is 0. The topological polar surface area (TPSA) is 24.1 Å². The molecule has 2 heteroatoms. The number of unbranched alkanes of at least 4 members (excludes halogenated alkanes) is 3. The number of hydrogen-bond acceptors (Lipinski definition) is 1. The third kappa shape index (κ3) is 4.93. The van der Waals surface area contributed by atoms with Gasteiger partial charge in [0.2, 0.25) is 0 Å². The lowest BCUT2D eigenvalue weighted by atomic mass is 10.2. The van der Waals surface area contributed by atoms with Crippen molar-refractivity contribution in [3.05, 3.63) is 30.1 Å². The number of aliphatic hydroxyl groups is 1. The van der Waals surface area contributed by atoms with Gasteiger partial charge in [-0.05, 0) is 25.3 Å². The molecule has 0 bridgehead atoms. The van der Waals surface area contributed by atoms with E-state index < -0.39 is 0 Å². The molecule has 0 saturated carbocycles. The molecule has 1 aromatic heterocycles. The van der Waals surface area contributed by atoms with Crippen LogP contribution in [-0.4, -0.2) is 11.7 Å². The van der Waals surface area contributed by atoms with E-state index in [-0.39, 0.29) is 0 Å². The first kappa shape index (κ1) is 12.2. The number of nitrogens with zero attached hydrogens (tertiary/aromatic N) is 1. The zero-order chi connectivity index (χ0) is 10.9. The molecule has 0 atom stereocenters. The second-order valence-electron chi connectivity index (χ2n) is 3.94. The van der Waals surface area contributed by atoms with Crippen LogP contribution in [0.5, 0.6) is 0 Å². The Bertz CT molecular complexity index is 273. The van der Waals surface area contributed by atoms with E-state index in [4.69, 9.17) is 5.11 Å². The van der Waals surface area contributed by atoms with E-state index >= 15 is 0 Å². The molecular weight excluding hydrogens is 186 g/mol. The summed E-state index contributed by atoms with van der Waals surface area (Å²) in [6.45, 7) is 3.61. The Hall–Kier alpha value is -0.890. The first-order chi connectivity index (χ1) is 7.36. The number of aromatic nitrogens is 1. The van der Waals surface area contributed by atoms with Gasteiger partial charge in [-0.1, -0.05) is 13.3 Å². The van der Waals surface area contributed by atoms with E-state index in [0.717, 1.165) is 25.8 Å². The minimum Gasteiger partial charge on any atom is -0.396 e. The van der Waals surface area contributed by atoms with Crippen LogP contribution >= 0.6 is 0 Å². The van der Waals surface area contributed by atoms with Crippen molar-refractivity contribution in [1.82, 2.24) is 0 Å². The van der Waals surface area contributed by atoms with Crippen molar-refractivity contribution in [3.8, 4) is 0 Å². The van der Waals surface area contributed by atoms with Crippen LogP contribution in [0.1, 0.15) is 38.2 Å². The molecule has 1 heterocycles. The van der Waals surface area contributed by atoms with Gasteiger partial charge in [-0.2, -0.15) is 0 Å². The first-order valence-electron chi connectivity index (χ1n) is 5.95. The molecule has 0 aromatic carbocycles. The Balaban J connectivity index is 2.24. The van der Waals surface area contributed by atoms with Gasteiger partial charge in [0.1, 0.15) is 6.54 Å². The van der Waals surface area contributed by atoms with Crippen LogP contribution in [0, 0.1) is 0 Å². The Morgan fingerprint density at radius 2 is 2.00 bits per heavy atom. The van der Waals surface area contributed by atoms with E-state index in [0.29, 0.717) is 6.61 Å². The highest BCUT2D eigenvalue weighted by molar-refractivity contribution is 5.04. The minimum atomic E-state index is 0.332. The number of aliphatic hydroxyl groups excluding tert-OH is 1. The van der Waals surface area contributed by atoms with Crippen LogP contribution in [0.2, 0.25) is 0 Å². The molecule has 0 unspecified atom stereocenters. The average molecular weight is 208 g/mol. The summed E-state index contributed by atoms with van der Waals surface area (Å²) in [6.07, 6.45) is 9.97. The summed E-state index contributed by atoms with van der Waals surface area (Å²) in [4.78, 5) is 0. The summed E-state index contributed by atoms with van der Waals surface area (Å²) >= 11 is 0. The van der Waals surface area contributed by atoms with Crippen LogP contribution in [0.4, 0.5) is 0 Å². The molecule has 1 N–H and O–H groups in total. The van der Waals surface area contributed by atoms with Gasteiger partial charge in [-0.25, -0.2) is 4.57 Å². The van der Waals surface area contributed by atoms with Gasteiger partial charge in [0.25, 0.3) is 0 Å². The van der Waals surface area contributed by atoms with E-state index in [9.17, 15) is 0 Å². The molecule has 0 spiro atoms. The highest BCUT2D eigenvalue weighted by Crippen LogP contribution is 2.00. The summed E-state index contributed by atoms with van der Waals surface area (Å²) in [7, 11) is 0. The maximum atomic E-state index is 8.65. The van der Waals surface area contributed by atoms with Crippen molar-refractivity contribution in [2.45, 2.75) is 45.6 Å². The molecule has 0 saturated heterocycles. The molecule has 0 fully saturated rings. The zero-order valence-electron chi connectivity index (χ0n) is 9.65. The maximum Gasteiger partial charge on any atom is 0.171 e. The zero-order valence-corrected chi connectivity index (χ0v) is 9.65. The highest BCUT2D eigenvalue weighted by Gasteiger charge is 2.00. The van der Waals surface area contributed by atoms with Gasteiger partial charge in [-0.15, -0.1) is 0 Å². The second kappa shape index (κ2) is 7.41. The Morgan fingerprint density at radius 3 is 2.73 bits per heavy atom. The lowest BCUT2D eigenvalue weighted by molar-refractivity contribution is -0.697. The molecule has 1 rings (SSSR count). The third-order valence-corrected chi connectivity index (χ3v) is 2.65. The van der Waals surface area contributed by atoms with E-state index in [2.05, 4.69) is 36.0 Å². The quantitative estimate of drug-likeness (QED) is 0.538. The fourth-order valence-electron chi connectivity index (χ4n) is 1.68. The van der Waals surface area contributed by atoms with Crippen LogP contribution in [0.3, 0.4) is 0 Å². The summed E-state index contributed by atoms with van der Waals surface area (Å²) in [5, 5.41) is 8.65. The average Bonchev–Trinajstić information content (AvgIpc) is 2.29. The van der Waals surface area contributed by atoms with Gasteiger partial charge in [-0.3, -0.25) is 0 Å². The number of hydrogen-bond donors (Lipinski definition) is 1. The number of rotatable bonds is 7. The highest BCUT2D eigenvalue weighted by atomic mass is 16.2. The minimum absolute atomic E-state index is 0.332. The molecule has 15 heavy (non-hydrogen) atoms. The van der Waals surface area contributed by atoms with E-state index in [1.54, 1.807) is 0 Å².